The number of hydrogen-bond donors (Lipinski definition) is 2. The van der Waals surface area contributed by atoms with Gasteiger partial charge in [-0.1, -0.05) is 0 Å². The summed E-state index contributed by atoms with van der Waals surface area (Å²) in [6.45, 7) is 2.65. The highest BCUT2D eigenvalue weighted by atomic mass is 16.5. The van der Waals surface area contributed by atoms with Crippen LogP contribution in [0.15, 0.2) is 33.5 Å². The van der Waals surface area contributed by atoms with Gasteiger partial charge in [0.05, 0.1) is 37.5 Å². The minimum Gasteiger partial charge on any atom is -0.504 e. The highest BCUT2D eigenvalue weighted by Crippen LogP contribution is 2.49. The van der Waals surface area contributed by atoms with Crippen molar-refractivity contribution in [3.05, 3.63) is 35.8 Å². The van der Waals surface area contributed by atoms with Crippen LogP contribution in [0.2, 0.25) is 0 Å². The Hall–Kier alpha value is -4.34. The maximum atomic E-state index is 12.2. The number of aromatic hydroxyl groups is 2. The molecule has 2 N–H and O–H groups in total. The van der Waals surface area contributed by atoms with E-state index < -0.39 is 0 Å². The fourth-order valence-corrected chi connectivity index (χ4v) is 4.59. The van der Waals surface area contributed by atoms with Crippen LogP contribution in [-0.4, -0.2) is 48.2 Å². The molecule has 0 aliphatic heterocycles. The van der Waals surface area contributed by atoms with Crippen LogP contribution in [0.25, 0.3) is 21.9 Å². The summed E-state index contributed by atoms with van der Waals surface area (Å²) in [6.07, 6.45) is 2.88. The zero-order valence-corrected chi connectivity index (χ0v) is 20.0. The van der Waals surface area contributed by atoms with Gasteiger partial charge in [0, 0.05) is 12.8 Å². The van der Waals surface area contributed by atoms with Gasteiger partial charge in [-0.2, -0.15) is 0 Å². The predicted octanol–water partition coefficient (Wildman–Crippen LogP) is 5.00. The molecule has 2 aromatic carbocycles. The maximum Gasteiger partial charge on any atom is 0.205 e. The third-order valence-corrected chi connectivity index (χ3v) is 6.32. The van der Waals surface area contributed by atoms with E-state index in [4.69, 9.17) is 27.8 Å². The Bertz CT molecular complexity index is 1390. The molecule has 10 nitrogen and oxygen atoms in total. The number of furan rings is 2. The first-order valence-electron chi connectivity index (χ1n) is 11.2. The van der Waals surface area contributed by atoms with E-state index in [2.05, 4.69) is 0 Å². The summed E-state index contributed by atoms with van der Waals surface area (Å²) >= 11 is 0. The van der Waals surface area contributed by atoms with Gasteiger partial charge in [0.15, 0.2) is 34.2 Å². The van der Waals surface area contributed by atoms with Gasteiger partial charge in [-0.05, 0) is 26.0 Å². The highest BCUT2D eigenvalue weighted by molar-refractivity contribution is 6.09. The van der Waals surface area contributed by atoms with Crippen LogP contribution in [0.3, 0.4) is 0 Å². The average Bonchev–Trinajstić information content (AvgIpc) is 3.48. The Labute approximate surface area is 204 Å². The lowest BCUT2D eigenvalue weighted by Crippen LogP contribution is -2.41. The smallest absolute Gasteiger partial charge is 0.205 e. The van der Waals surface area contributed by atoms with Crippen molar-refractivity contribution < 1.29 is 47.6 Å². The second-order valence-electron chi connectivity index (χ2n) is 8.56. The summed E-state index contributed by atoms with van der Waals surface area (Å²) in [5.74, 6) is -0.969. The first-order chi connectivity index (χ1) is 17.3. The molecule has 4 aromatic rings. The van der Waals surface area contributed by atoms with Crippen LogP contribution in [0.5, 0.6) is 34.5 Å². The lowest BCUT2D eigenvalue weighted by molar-refractivity contribution is 0.00263. The molecule has 2 aromatic heterocycles. The number of rotatable bonds is 8. The summed E-state index contributed by atoms with van der Waals surface area (Å²) in [5.41, 5.74) is 0.534. The Morgan fingerprint density at radius 2 is 1.14 bits per heavy atom. The van der Waals surface area contributed by atoms with Crippen molar-refractivity contribution in [3.8, 4) is 34.5 Å². The van der Waals surface area contributed by atoms with Gasteiger partial charge in [0.25, 0.3) is 0 Å². The minimum atomic E-state index is -0.383. The molecule has 0 radical (unpaired) electrons. The Balaban J connectivity index is 1.41. The Kier molecular flexibility index (Phi) is 5.66. The molecule has 1 aliphatic rings. The fraction of sp³-hybridized carbons (Fsp3) is 0.308. The van der Waals surface area contributed by atoms with Gasteiger partial charge in [0.2, 0.25) is 11.5 Å². The minimum absolute atomic E-state index is 0.00801. The fourth-order valence-electron chi connectivity index (χ4n) is 4.59. The Morgan fingerprint density at radius 1 is 0.750 bits per heavy atom. The number of ether oxygens (including phenoxy) is 4. The van der Waals surface area contributed by atoms with E-state index in [1.54, 1.807) is 12.1 Å². The summed E-state index contributed by atoms with van der Waals surface area (Å²) in [4.78, 5) is 24.4. The lowest BCUT2D eigenvalue weighted by Gasteiger charge is -2.35. The van der Waals surface area contributed by atoms with Crippen LogP contribution < -0.4 is 18.9 Å². The van der Waals surface area contributed by atoms with E-state index in [1.165, 1.54) is 40.6 Å². The predicted molar refractivity (Wildman–Crippen MR) is 127 cm³/mol. The number of phenols is 2. The lowest BCUT2D eigenvalue weighted by atomic mass is 9.91. The van der Waals surface area contributed by atoms with Crippen molar-refractivity contribution in [2.75, 3.05) is 14.2 Å². The van der Waals surface area contributed by atoms with Crippen LogP contribution in [0, 0.1) is 0 Å². The van der Waals surface area contributed by atoms with Crippen LogP contribution in [-0.2, 0) is 0 Å². The van der Waals surface area contributed by atoms with E-state index in [9.17, 15) is 19.8 Å². The van der Waals surface area contributed by atoms with Gasteiger partial charge in [-0.25, -0.2) is 0 Å². The number of fused-ring (bicyclic) bond motifs is 2. The summed E-state index contributed by atoms with van der Waals surface area (Å²) in [6, 6.07) is 3.26. The van der Waals surface area contributed by atoms with Crippen molar-refractivity contribution >= 4 is 33.5 Å². The van der Waals surface area contributed by atoms with Gasteiger partial charge in [-0.3, -0.25) is 9.59 Å². The van der Waals surface area contributed by atoms with E-state index in [1.807, 2.05) is 0 Å². The number of methoxy groups -OCH3 is 2. The van der Waals surface area contributed by atoms with E-state index in [-0.39, 0.29) is 80.6 Å². The highest BCUT2D eigenvalue weighted by Gasteiger charge is 2.37. The molecule has 0 unspecified atom stereocenters. The number of carbonyl (C=O) groups excluding carboxylic acids is 2. The molecule has 1 fully saturated rings. The van der Waals surface area contributed by atoms with Gasteiger partial charge in [0.1, 0.15) is 34.8 Å². The van der Waals surface area contributed by atoms with Crippen molar-refractivity contribution in [2.45, 2.75) is 38.9 Å². The average molecular weight is 496 g/mol. The third kappa shape index (κ3) is 3.48. The molecule has 2 heterocycles. The van der Waals surface area contributed by atoms with Gasteiger partial charge >= 0.3 is 0 Å². The number of hydrogen-bond acceptors (Lipinski definition) is 10. The molecule has 36 heavy (non-hydrogen) atoms. The topological polar surface area (TPSA) is 138 Å². The van der Waals surface area contributed by atoms with Crippen molar-refractivity contribution in [1.29, 1.82) is 0 Å². The van der Waals surface area contributed by atoms with E-state index in [0.29, 0.717) is 23.6 Å². The molecule has 1 saturated carbocycles. The molecular formula is C26H24O10. The number of phenolic OH excluding ortho intramolecular Hbond substituents is 2. The Morgan fingerprint density at radius 3 is 1.47 bits per heavy atom. The molecule has 0 amide bonds. The molecule has 1 aliphatic carbocycles. The molecule has 0 atom stereocenters. The maximum absolute atomic E-state index is 12.2. The number of carbonyl (C=O) groups is 2. The molecule has 0 saturated heterocycles. The van der Waals surface area contributed by atoms with Gasteiger partial charge < -0.3 is 38.0 Å². The summed E-state index contributed by atoms with van der Waals surface area (Å²) < 4.78 is 33.8. The van der Waals surface area contributed by atoms with Gasteiger partial charge in [-0.15, -0.1) is 0 Å². The number of ketones is 2. The second-order valence-corrected chi connectivity index (χ2v) is 8.56. The molecule has 10 heteroatoms. The second kappa shape index (κ2) is 8.71. The zero-order chi connectivity index (χ0) is 25.7. The first-order valence-corrected chi connectivity index (χ1v) is 11.2. The quantitative estimate of drug-likeness (QED) is 0.320. The standard InChI is InChI=1S/C26H24O10/c1-11(27)17-19(29)25(23-15(5-7-33-23)21(17)31-3)35-13-9-14(10-13)36-26-20(30)18(12(2)28)22(32-4)16-6-8-34-24(16)26/h5-8,13-14,29-30H,9-10H2,1-4H3. The van der Waals surface area contributed by atoms with E-state index in [0.717, 1.165) is 0 Å². The first kappa shape index (κ1) is 23.4. The van der Waals surface area contributed by atoms with Crippen LogP contribution in [0.4, 0.5) is 0 Å². The molecular weight excluding hydrogens is 472 g/mol. The van der Waals surface area contributed by atoms with Crippen molar-refractivity contribution in [1.82, 2.24) is 0 Å². The molecule has 0 spiro atoms. The molecule has 188 valence electrons. The van der Waals surface area contributed by atoms with Crippen molar-refractivity contribution in [3.63, 3.8) is 0 Å². The third-order valence-electron chi connectivity index (χ3n) is 6.32. The summed E-state index contributed by atoms with van der Waals surface area (Å²) in [5, 5.41) is 22.6. The van der Waals surface area contributed by atoms with Crippen LogP contribution >= 0.6 is 0 Å². The summed E-state index contributed by atoms with van der Waals surface area (Å²) in [7, 11) is 2.81. The van der Waals surface area contributed by atoms with Crippen molar-refractivity contribution in [2.24, 2.45) is 0 Å². The zero-order valence-electron chi connectivity index (χ0n) is 20.0. The normalized spacial score (nSPS) is 17.1. The number of benzene rings is 2. The molecule has 5 rings (SSSR count). The van der Waals surface area contributed by atoms with Crippen LogP contribution in [0.1, 0.15) is 47.4 Å². The molecule has 0 bridgehead atoms. The monoisotopic (exact) mass is 496 g/mol. The largest absolute Gasteiger partial charge is 0.504 e. The number of Topliss-reactive ketones (excluding diaryl/α,β-unsaturated/α-hetero) is 2. The van der Waals surface area contributed by atoms with E-state index >= 15 is 0 Å². The SMILES string of the molecule is COc1c(C(C)=O)c(O)c(OC2CC(Oc3c(O)c(C(C)=O)c(OC)c4ccoc34)C2)c2occc12.